The van der Waals surface area contributed by atoms with Gasteiger partial charge in [-0.05, 0) is 44.3 Å². The summed E-state index contributed by atoms with van der Waals surface area (Å²) in [6.07, 6.45) is -1.39. The monoisotopic (exact) mass is 252 g/mol. The van der Waals surface area contributed by atoms with Crippen molar-refractivity contribution < 1.29 is 13.2 Å². The zero-order valence-corrected chi connectivity index (χ0v) is 10.7. The first kappa shape index (κ1) is 14.8. The average molecular weight is 252 g/mol. The van der Waals surface area contributed by atoms with Crippen LogP contribution in [0.25, 0.3) is 0 Å². The van der Waals surface area contributed by atoms with Gasteiger partial charge in [0.1, 0.15) is 0 Å². The van der Waals surface area contributed by atoms with Gasteiger partial charge in [-0.3, -0.25) is 4.90 Å². The van der Waals surface area contributed by atoms with Crippen molar-refractivity contribution in [3.05, 3.63) is 0 Å². The first-order chi connectivity index (χ1) is 7.85. The second kappa shape index (κ2) is 6.05. The number of nitrogens with zero attached hydrogens (tertiary/aromatic N) is 1. The summed E-state index contributed by atoms with van der Waals surface area (Å²) in [6, 6.07) is 0. The van der Waals surface area contributed by atoms with Gasteiger partial charge >= 0.3 is 6.18 Å². The molecule has 1 aliphatic heterocycles. The number of halogens is 3. The van der Waals surface area contributed by atoms with Crippen LogP contribution in [0.15, 0.2) is 0 Å². The Balaban J connectivity index is 2.52. The molecule has 1 aliphatic rings. The van der Waals surface area contributed by atoms with Gasteiger partial charge in [0.2, 0.25) is 0 Å². The molecule has 1 rings (SSSR count). The van der Waals surface area contributed by atoms with Gasteiger partial charge in [0, 0.05) is 6.54 Å². The summed E-state index contributed by atoms with van der Waals surface area (Å²) in [5.41, 5.74) is 0.0334. The SMILES string of the molecule is CCCN(CC(F)(F)F)CC1(C)CCNCC1. The minimum Gasteiger partial charge on any atom is -0.317 e. The van der Waals surface area contributed by atoms with Crippen LogP contribution in [0.4, 0.5) is 13.2 Å². The minimum absolute atomic E-state index is 0.0334. The molecule has 0 aromatic rings. The van der Waals surface area contributed by atoms with Crippen molar-refractivity contribution in [3.8, 4) is 0 Å². The number of hydrogen-bond donors (Lipinski definition) is 1. The number of alkyl halides is 3. The van der Waals surface area contributed by atoms with Crippen LogP contribution < -0.4 is 5.32 Å². The van der Waals surface area contributed by atoms with E-state index < -0.39 is 12.7 Å². The molecule has 1 saturated heterocycles. The van der Waals surface area contributed by atoms with E-state index >= 15 is 0 Å². The van der Waals surface area contributed by atoms with Crippen LogP contribution in [0.3, 0.4) is 0 Å². The first-order valence-corrected chi connectivity index (χ1v) is 6.34. The molecule has 0 atom stereocenters. The predicted octanol–water partition coefficient (Wildman–Crippen LogP) is 2.65. The van der Waals surface area contributed by atoms with E-state index in [1.807, 2.05) is 6.92 Å². The van der Waals surface area contributed by atoms with Crippen molar-refractivity contribution in [3.63, 3.8) is 0 Å². The van der Waals surface area contributed by atoms with Crippen LogP contribution in [0.1, 0.15) is 33.1 Å². The summed E-state index contributed by atoms with van der Waals surface area (Å²) < 4.78 is 37.4. The second-order valence-corrected chi connectivity index (χ2v) is 5.39. The molecule has 1 heterocycles. The largest absolute Gasteiger partial charge is 0.401 e. The molecule has 1 N–H and O–H groups in total. The maximum Gasteiger partial charge on any atom is 0.401 e. The normalized spacial score (nSPS) is 20.8. The predicted molar refractivity (Wildman–Crippen MR) is 63.0 cm³/mol. The molecule has 17 heavy (non-hydrogen) atoms. The molecule has 0 spiro atoms. The number of rotatable bonds is 5. The Morgan fingerprint density at radius 1 is 1.24 bits per heavy atom. The lowest BCUT2D eigenvalue weighted by Gasteiger charge is -2.38. The third-order valence-electron chi connectivity index (χ3n) is 3.36. The average Bonchev–Trinajstić information content (AvgIpc) is 2.15. The van der Waals surface area contributed by atoms with Crippen LogP contribution in [0.5, 0.6) is 0 Å². The molecule has 0 bridgehead atoms. The van der Waals surface area contributed by atoms with Crippen molar-refractivity contribution in [1.29, 1.82) is 0 Å². The summed E-state index contributed by atoms with van der Waals surface area (Å²) >= 11 is 0. The van der Waals surface area contributed by atoms with Crippen LogP contribution in [-0.2, 0) is 0 Å². The third kappa shape index (κ3) is 5.73. The van der Waals surface area contributed by atoms with Gasteiger partial charge in [-0.25, -0.2) is 0 Å². The molecular formula is C12H23F3N2. The molecule has 0 aliphatic carbocycles. The zero-order valence-electron chi connectivity index (χ0n) is 10.7. The molecule has 1 fully saturated rings. The highest BCUT2D eigenvalue weighted by molar-refractivity contribution is 4.84. The molecule has 0 radical (unpaired) electrons. The highest BCUT2D eigenvalue weighted by Gasteiger charge is 2.35. The van der Waals surface area contributed by atoms with Crippen molar-refractivity contribution in [2.75, 3.05) is 32.7 Å². The molecular weight excluding hydrogens is 229 g/mol. The highest BCUT2D eigenvalue weighted by atomic mass is 19.4. The van der Waals surface area contributed by atoms with E-state index in [9.17, 15) is 13.2 Å². The topological polar surface area (TPSA) is 15.3 Å². The fourth-order valence-electron chi connectivity index (χ4n) is 2.51. The van der Waals surface area contributed by atoms with E-state index in [1.165, 1.54) is 0 Å². The van der Waals surface area contributed by atoms with Crippen molar-refractivity contribution >= 4 is 0 Å². The molecule has 2 nitrogen and oxygen atoms in total. The summed E-state index contributed by atoms with van der Waals surface area (Å²) in [6.45, 7) is 6.18. The second-order valence-electron chi connectivity index (χ2n) is 5.39. The Morgan fingerprint density at radius 3 is 2.29 bits per heavy atom. The Kier molecular flexibility index (Phi) is 5.25. The van der Waals surface area contributed by atoms with Gasteiger partial charge in [0.05, 0.1) is 6.54 Å². The first-order valence-electron chi connectivity index (χ1n) is 6.34. The Hall–Kier alpha value is -0.290. The van der Waals surface area contributed by atoms with Gasteiger partial charge in [-0.2, -0.15) is 13.2 Å². The van der Waals surface area contributed by atoms with E-state index in [1.54, 1.807) is 4.90 Å². The maximum atomic E-state index is 12.5. The molecule has 5 heteroatoms. The summed E-state index contributed by atoms with van der Waals surface area (Å²) in [5, 5.41) is 3.25. The Bertz CT molecular complexity index is 222. The molecule has 0 saturated carbocycles. The lowest BCUT2D eigenvalue weighted by molar-refractivity contribution is -0.149. The van der Waals surface area contributed by atoms with Gasteiger partial charge < -0.3 is 5.32 Å². The van der Waals surface area contributed by atoms with Gasteiger partial charge in [0.15, 0.2) is 0 Å². The van der Waals surface area contributed by atoms with E-state index in [0.29, 0.717) is 13.1 Å². The van der Waals surface area contributed by atoms with E-state index in [4.69, 9.17) is 0 Å². The number of nitrogens with one attached hydrogen (secondary N) is 1. The van der Waals surface area contributed by atoms with Crippen molar-refractivity contribution in [2.24, 2.45) is 5.41 Å². The minimum atomic E-state index is -4.08. The third-order valence-corrected chi connectivity index (χ3v) is 3.36. The van der Waals surface area contributed by atoms with Gasteiger partial charge in [-0.1, -0.05) is 13.8 Å². The Morgan fingerprint density at radius 2 is 1.82 bits per heavy atom. The van der Waals surface area contributed by atoms with Crippen LogP contribution in [0, 0.1) is 5.41 Å². The van der Waals surface area contributed by atoms with Gasteiger partial charge in [0.25, 0.3) is 0 Å². The lowest BCUT2D eigenvalue weighted by atomic mass is 9.80. The van der Waals surface area contributed by atoms with Crippen LogP contribution in [-0.4, -0.2) is 43.8 Å². The smallest absolute Gasteiger partial charge is 0.317 e. The van der Waals surface area contributed by atoms with Crippen LogP contribution >= 0.6 is 0 Å². The van der Waals surface area contributed by atoms with Crippen molar-refractivity contribution in [1.82, 2.24) is 10.2 Å². The lowest BCUT2D eigenvalue weighted by Crippen LogP contribution is -2.45. The summed E-state index contributed by atoms with van der Waals surface area (Å²) in [5.74, 6) is 0. The standard InChI is InChI=1S/C12H23F3N2/c1-3-8-17(10-12(13,14)15)9-11(2)4-6-16-7-5-11/h16H,3-10H2,1-2H3. The van der Waals surface area contributed by atoms with E-state index in [2.05, 4.69) is 12.2 Å². The summed E-state index contributed by atoms with van der Waals surface area (Å²) in [7, 11) is 0. The maximum absolute atomic E-state index is 12.5. The van der Waals surface area contributed by atoms with Gasteiger partial charge in [-0.15, -0.1) is 0 Å². The van der Waals surface area contributed by atoms with Crippen molar-refractivity contribution in [2.45, 2.75) is 39.3 Å². The van der Waals surface area contributed by atoms with Crippen LogP contribution in [0.2, 0.25) is 0 Å². The number of piperidine rings is 1. The fourth-order valence-corrected chi connectivity index (χ4v) is 2.51. The molecule has 0 aromatic heterocycles. The molecule has 0 aromatic carbocycles. The summed E-state index contributed by atoms with van der Waals surface area (Å²) in [4.78, 5) is 1.56. The molecule has 0 amide bonds. The molecule has 0 unspecified atom stereocenters. The molecule has 102 valence electrons. The highest BCUT2D eigenvalue weighted by Crippen LogP contribution is 2.30. The van der Waals surface area contributed by atoms with E-state index in [-0.39, 0.29) is 5.41 Å². The number of hydrogen-bond acceptors (Lipinski definition) is 2. The quantitative estimate of drug-likeness (QED) is 0.809. The fraction of sp³-hybridized carbons (Fsp3) is 1.00. The zero-order chi connectivity index (χ0) is 12.9. The Labute approximate surface area is 102 Å². The van der Waals surface area contributed by atoms with E-state index in [0.717, 1.165) is 32.4 Å².